The number of rotatable bonds is 4. The number of aromatic nitrogens is 1. The number of nitrogens with zero attached hydrogens (tertiary/aromatic N) is 2. The van der Waals surface area contributed by atoms with E-state index < -0.39 is 16.1 Å². The predicted molar refractivity (Wildman–Crippen MR) is 83.9 cm³/mol. The van der Waals surface area contributed by atoms with Gasteiger partial charge < -0.3 is 10.1 Å². The summed E-state index contributed by atoms with van der Waals surface area (Å²) in [5.74, 6) is -0.148. The zero-order chi connectivity index (χ0) is 16.4. The Morgan fingerprint density at radius 3 is 2.96 bits per heavy atom. The molecule has 8 heteroatoms. The summed E-state index contributed by atoms with van der Waals surface area (Å²) >= 11 is 0. The third kappa shape index (κ3) is 3.70. The Hall–Kier alpha value is -1.51. The van der Waals surface area contributed by atoms with E-state index in [4.69, 9.17) is 4.74 Å². The zero-order valence-corrected chi connectivity index (χ0v) is 13.8. The van der Waals surface area contributed by atoms with Gasteiger partial charge in [-0.2, -0.15) is 4.31 Å². The Kier molecular flexibility index (Phi) is 4.65. The fraction of sp³-hybridized carbons (Fsp3) is 0.600. The second-order valence-electron chi connectivity index (χ2n) is 6.05. The lowest BCUT2D eigenvalue weighted by atomic mass is 9.99. The van der Waals surface area contributed by atoms with Crippen molar-refractivity contribution in [2.24, 2.45) is 0 Å². The van der Waals surface area contributed by atoms with Gasteiger partial charge in [0.2, 0.25) is 15.9 Å². The summed E-state index contributed by atoms with van der Waals surface area (Å²) < 4.78 is 30.9. The van der Waals surface area contributed by atoms with E-state index in [1.165, 1.54) is 10.6 Å². The van der Waals surface area contributed by atoms with E-state index in [0.29, 0.717) is 32.4 Å². The summed E-state index contributed by atoms with van der Waals surface area (Å²) in [7, 11) is -3.21. The predicted octanol–water partition coefficient (Wildman–Crippen LogP) is 0.279. The highest BCUT2D eigenvalue weighted by molar-refractivity contribution is 7.88. The molecule has 1 N–H and O–H groups in total. The smallest absolute Gasteiger partial charge is 0.249 e. The summed E-state index contributed by atoms with van der Waals surface area (Å²) in [5, 5.41) is 2.85. The van der Waals surface area contributed by atoms with Crippen LogP contribution in [0.1, 0.15) is 24.8 Å². The van der Waals surface area contributed by atoms with E-state index in [-0.39, 0.29) is 18.1 Å². The van der Waals surface area contributed by atoms with Crippen molar-refractivity contribution < 1.29 is 17.9 Å². The molecule has 2 aliphatic heterocycles. The highest BCUT2D eigenvalue weighted by Crippen LogP contribution is 2.32. The largest absolute Gasteiger partial charge is 0.363 e. The van der Waals surface area contributed by atoms with E-state index in [1.807, 2.05) is 12.1 Å². The number of ether oxygens (including phenoxy) is 1. The van der Waals surface area contributed by atoms with Gasteiger partial charge in [0.25, 0.3) is 0 Å². The SMILES string of the molecule is CS(=O)(=O)N1CC[C@H]2O[C@@H](C(=O)NCc3cccnc3)CC[C@H]21. The minimum absolute atomic E-state index is 0.132. The fourth-order valence-electron chi connectivity index (χ4n) is 3.30. The molecular formula is C15H21N3O4S. The molecule has 126 valence electrons. The molecule has 0 aromatic carbocycles. The van der Waals surface area contributed by atoms with Crippen LogP contribution < -0.4 is 5.32 Å². The minimum Gasteiger partial charge on any atom is -0.363 e. The van der Waals surface area contributed by atoms with Gasteiger partial charge in [-0.3, -0.25) is 9.78 Å². The van der Waals surface area contributed by atoms with Crippen molar-refractivity contribution in [2.75, 3.05) is 12.8 Å². The second kappa shape index (κ2) is 6.54. The van der Waals surface area contributed by atoms with Gasteiger partial charge in [-0.05, 0) is 30.9 Å². The Balaban J connectivity index is 1.55. The highest BCUT2D eigenvalue weighted by atomic mass is 32.2. The van der Waals surface area contributed by atoms with Crippen LogP contribution in [-0.2, 0) is 26.1 Å². The molecule has 0 saturated carbocycles. The first-order valence-corrected chi connectivity index (χ1v) is 9.59. The number of hydrogen-bond acceptors (Lipinski definition) is 5. The molecule has 3 rings (SSSR count). The molecule has 3 atom stereocenters. The van der Waals surface area contributed by atoms with Crippen LogP contribution in [0.4, 0.5) is 0 Å². The van der Waals surface area contributed by atoms with Crippen molar-refractivity contribution in [3.05, 3.63) is 30.1 Å². The lowest BCUT2D eigenvalue weighted by molar-refractivity contribution is -0.143. The number of hydrogen-bond donors (Lipinski definition) is 1. The molecule has 0 unspecified atom stereocenters. The topological polar surface area (TPSA) is 88.6 Å². The maximum absolute atomic E-state index is 12.3. The van der Waals surface area contributed by atoms with Gasteiger partial charge in [0.15, 0.2) is 0 Å². The van der Waals surface area contributed by atoms with Crippen molar-refractivity contribution in [2.45, 2.75) is 44.1 Å². The molecule has 2 aliphatic rings. The van der Waals surface area contributed by atoms with Crippen molar-refractivity contribution in [1.29, 1.82) is 0 Å². The van der Waals surface area contributed by atoms with Gasteiger partial charge in [-0.1, -0.05) is 6.07 Å². The normalized spacial score (nSPS) is 28.3. The van der Waals surface area contributed by atoms with Crippen molar-refractivity contribution in [3.63, 3.8) is 0 Å². The highest BCUT2D eigenvalue weighted by Gasteiger charge is 2.44. The number of carbonyl (C=O) groups excluding carboxylic acids is 1. The average Bonchev–Trinajstić information content (AvgIpc) is 2.96. The van der Waals surface area contributed by atoms with Crippen LogP contribution in [0.2, 0.25) is 0 Å². The summed E-state index contributed by atoms with van der Waals surface area (Å²) in [6.07, 6.45) is 5.75. The monoisotopic (exact) mass is 339 g/mol. The van der Waals surface area contributed by atoms with Gasteiger partial charge in [0.1, 0.15) is 6.10 Å². The molecule has 1 aromatic heterocycles. The number of sulfonamides is 1. The fourth-order valence-corrected chi connectivity index (χ4v) is 4.47. The van der Waals surface area contributed by atoms with Crippen LogP contribution >= 0.6 is 0 Å². The summed E-state index contributed by atoms with van der Waals surface area (Å²) in [4.78, 5) is 16.3. The van der Waals surface area contributed by atoms with E-state index in [9.17, 15) is 13.2 Å². The quantitative estimate of drug-likeness (QED) is 0.851. The van der Waals surface area contributed by atoms with Gasteiger partial charge in [0.05, 0.1) is 18.4 Å². The molecule has 0 bridgehead atoms. The van der Waals surface area contributed by atoms with Gasteiger partial charge >= 0.3 is 0 Å². The molecule has 0 aliphatic carbocycles. The van der Waals surface area contributed by atoms with Gasteiger partial charge in [0, 0.05) is 25.5 Å². The molecule has 2 fully saturated rings. The maximum atomic E-state index is 12.3. The minimum atomic E-state index is -3.21. The average molecular weight is 339 g/mol. The lowest BCUT2D eigenvalue weighted by Crippen LogP contribution is -2.48. The summed E-state index contributed by atoms with van der Waals surface area (Å²) in [6, 6.07) is 3.58. The molecule has 2 saturated heterocycles. The summed E-state index contributed by atoms with van der Waals surface area (Å²) in [5.41, 5.74) is 0.929. The molecule has 1 amide bonds. The second-order valence-corrected chi connectivity index (χ2v) is 7.98. The van der Waals surface area contributed by atoms with E-state index >= 15 is 0 Å². The molecule has 1 aromatic rings. The molecule has 0 spiro atoms. The number of nitrogens with one attached hydrogen (secondary N) is 1. The lowest BCUT2D eigenvalue weighted by Gasteiger charge is -2.34. The standard InChI is InChI=1S/C15H21N3O4S/c1-23(20,21)18-8-6-13-12(18)4-5-14(22-13)15(19)17-10-11-3-2-7-16-9-11/h2-3,7,9,12-14H,4-6,8,10H2,1H3,(H,17,19)/t12-,13-,14-/m1/s1. The molecule has 7 nitrogen and oxygen atoms in total. The molecule has 0 radical (unpaired) electrons. The first-order valence-electron chi connectivity index (χ1n) is 7.74. The third-order valence-electron chi connectivity index (χ3n) is 4.40. The first-order chi connectivity index (χ1) is 10.9. The number of pyridine rings is 1. The summed E-state index contributed by atoms with van der Waals surface area (Å²) in [6.45, 7) is 0.883. The van der Waals surface area contributed by atoms with Gasteiger partial charge in [-0.25, -0.2) is 8.42 Å². The van der Waals surface area contributed by atoms with Crippen LogP contribution in [0, 0.1) is 0 Å². The Morgan fingerprint density at radius 2 is 2.26 bits per heavy atom. The first kappa shape index (κ1) is 16.4. The Labute approximate surface area is 136 Å². The van der Waals surface area contributed by atoms with E-state index in [0.717, 1.165) is 5.56 Å². The van der Waals surface area contributed by atoms with Crippen LogP contribution in [-0.4, -0.2) is 54.7 Å². The zero-order valence-electron chi connectivity index (χ0n) is 13.0. The third-order valence-corrected chi connectivity index (χ3v) is 5.71. The van der Waals surface area contributed by atoms with Crippen LogP contribution in [0.5, 0.6) is 0 Å². The van der Waals surface area contributed by atoms with Crippen molar-refractivity contribution in [3.8, 4) is 0 Å². The Bertz CT molecular complexity index is 665. The van der Waals surface area contributed by atoms with Crippen molar-refractivity contribution in [1.82, 2.24) is 14.6 Å². The molecular weight excluding hydrogens is 318 g/mol. The number of carbonyl (C=O) groups is 1. The molecule has 3 heterocycles. The maximum Gasteiger partial charge on any atom is 0.249 e. The van der Waals surface area contributed by atoms with Crippen LogP contribution in [0.15, 0.2) is 24.5 Å². The number of amides is 1. The van der Waals surface area contributed by atoms with E-state index in [1.54, 1.807) is 12.4 Å². The Morgan fingerprint density at radius 1 is 1.43 bits per heavy atom. The van der Waals surface area contributed by atoms with Gasteiger partial charge in [-0.15, -0.1) is 0 Å². The van der Waals surface area contributed by atoms with Crippen molar-refractivity contribution >= 4 is 15.9 Å². The van der Waals surface area contributed by atoms with Crippen LogP contribution in [0.25, 0.3) is 0 Å². The van der Waals surface area contributed by atoms with E-state index in [2.05, 4.69) is 10.3 Å². The number of fused-ring (bicyclic) bond motifs is 1. The molecule has 23 heavy (non-hydrogen) atoms. The van der Waals surface area contributed by atoms with Crippen LogP contribution in [0.3, 0.4) is 0 Å².